The Balaban J connectivity index is 1.85. The van der Waals surface area contributed by atoms with Crippen LogP contribution < -0.4 is 0 Å². The van der Waals surface area contributed by atoms with Crippen molar-refractivity contribution in [1.82, 2.24) is 9.21 Å². The molecule has 0 aliphatic carbocycles. The molecule has 0 N–H and O–H groups in total. The molecule has 0 saturated carbocycles. The predicted octanol–water partition coefficient (Wildman–Crippen LogP) is 3.57. The van der Waals surface area contributed by atoms with Crippen molar-refractivity contribution >= 4 is 23.5 Å². The van der Waals surface area contributed by atoms with Crippen LogP contribution in [0, 0.1) is 15.5 Å². The maximum atomic E-state index is 12.3. The Labute approximate surface area is 147 Å². The zero-order valence-corrected chi connectivity index (χ0v) is 15.3. The lowest BCUT2D eigenvalue weighted by atomic mass is 9.90. The quantitative estimate of drug-likeness (QED) is 0.461. The summed E-state index contributed by atoms with van der Waals surface area (Å²) in [5.41, 5.74) is 0.297. The van der Waals surface area contributed by atoms with E-state index in [9.17, 15) is 14.9 Å². The first-order valence-corrected chi connectivity index (χ1v) is 8.98. The zero-order chi connectivity index (χ0) is 17.7. The first kappa shape index (κ1) is 18.7. The van der Waals surface area contributed by atoms with E-state index in [-0.39, 0.29) is 21.9 Å². The Hall–Kier alpha value is -1.60. The van der Waals surface area contributed by atoms with Crippen LogP contribution in [0.1, 0.15) is 33.6 Å². The highest BCUT2D eigenvalue weighted by atomic mass is 32.2. The third-order valence-electron chi connectivity index (χ3n) is 3.97. The van der Waals surface area contributed by atoms with E-state index >= 15 is 0 Å². The predicted molar refractivity (Wildman–Crippen MR) is 95.8 cm³/mol. The van der Waals surface area contributed by atoms with Crippen molar-refractivity contribution in [3.63, 3.8) is 0 Å². The summed E-state index contributed by atoms with van der Waals surface area (Å²) in [5.74, 6) is 0.209. The van der Waals surface area contributed by atoms with E-state index in [0.717, 1.165) is 19.5 Å². The molecular formula is C17H25N3O3S. The van der Waals surface area contributed by atoms with Crippen LogP contribution in [-0.2, 0) is 4.79 Å². The zero-order valence-electron chi connectivity index (χ0n) is 14.5. The third-order valence-corrected chi connectivity index (χ3v) is 5.13. The molecule has 6 nitrogen and oxygen atoms in total. The van der Waals surface area contributed by atoms with Gasteiger partial charge in [-0.05, 0) is 29.9 Å². The molecule has 1 saturated heterocycles. The number of benzene rings is 1. The normalized spacial score (nSPS) is 16.2. The lowest BCUT2D eigenvalue weighted by Gasteiger charge is -2.34. The molecule has 1 aromatic rings. The molecule has 1 amide bonds. The van der Waals surface area contributed by atoms with E-state index < -0.39 is 0 Å². The van der Waals surface area contributed by atoms with Crippen molar-refractivity contribution in [2.45, 2.75) is 38.5 Å². The van der Waals surface area contributed by atoms with Gasteiger partial charge in [0.2, 0.25) is 5.91 Å². The smallest absolute Gasteiger partial charge is 0.284 e. The van der Waals surface area contributed by atoms with Gasteiger partial charge in [-0.1, -0.05) is 32.9 Å². The van der Waals surface area contributed by atoms with Crippen LogP contribution in [0.5, 0.6) is 0 Å². The molecular weight excluding hydrogens is 326 g/mol. The highest BCUT2D eigenvalue weighted by Gasteiger charge is 2.24. The highest BCUT2D eigenvalue weighted by molar-refractivity contribution is 7.97. The average Bonchev–Trinajstić information content (AvgIpc) is 2.53. The Morgan fingerprint density at radius 1 is 1.21 bits per heavy atom. The summed E-state index contributed by atoms with van der Waals surface area (Å²) in [6.45, 7) is 9.22. The standard InChI is InChI=1S/C17H25N3O3S/c1-17(2,3)9-8-16(21)18-10-12-19(13-11-18)24-15-7-5-4-6-14(15)20(22)23/h4-7H,8-13H2,1-3H3. The number of nitro benzene ring substituents is 1. The summed E-state index contributed by atoms with van der Waals surface area (Å²) >= 11 is 1.40. The van der Waals surface area contributed by atoms with Crippen LogP contribution in [0.4, 0.5) is 5.69 Å². The van der Waals surface area contributed by atoms with Crippen LogP contribution in [0.15, 0.2) is 29.2 Å². The Bertz CT molecular complexity index is 593. The monoisotopic (exact) mass is 351 g/mol. The molecule has 132 valence electrons. The second-order valence-corrected chi connectivity index (χ2v) is 8.33. The van der Waals surface area contributed by atoms with Crippen molar-refractivity contribution in [2.24, 2.45) is 5.41 Å². The number of hydrogen-bond donors (Lipinski definition) is 0. The van der Waals surface area contributed by atoms with Crippen LogP contribution in [-0.4, -0.2) is 46.2 Å². The molecule has 24 heavy (non-hydrogen) atoms. The summed E-state index contributed by atoms with van der Waals surface area (Å²) in [6.07, 6.45) is 1.47. The lowest BCUT2D eigenvalue weighted by Crippen LogP contribution is -2.46. The first-order valence-electron chi connectivity index (χ1n) is 8.20. The van der Waals surface area contributed by atoms with E-state index in [0.29, 0.717) is 24.4 Å². The van der Waals surface area contributed by atoms with Gasteiger partial charge >= 0.3 is 0 Å². The molecule has 1 heterocycles. The highest BCUT2D eigenvalue weighted by Crippen LogP contribution is 2.32. The van der Waals surface area contributed by atoms with E-state index in [4.69, 9.17) is 0 Å². The van der Waals surface area contributed by atoms with Crippen molar-refractivity contribution in [3.05, 3.63) is 34.4 Å². The van der Waals surface area contributed by atoms with Gasteiger partial charge in [-0.25, -0.2) is 4.31 Å². The second-order valence-electron chi connectivity index (χ2n) is 7.19. The van der Waals surface area contributed by atoms with Gasteiger partial charge in [-0.15, -0.1) is 0 Å². The van der Waals surface area contributed by atoms with Gasteiger partial charge < -0.3 is 4.90 Å². The van der Waals surface area contributed by atoms with E-state index in [1.165, 1.54) is 18.0 Å². The number of hydrogen-bond acceptors (Lipinski definition) is 5. The molecule has 1 aliphatic heterocycles. The third kappa shape index (κ3) is 5.49. The largest absolute Gasteiger partial charge is 0.340 e. The van der Waals surface area contributed by atoms with Crippen LogP contribution in [0.3, 0.4) is 0 Å². The SMILES string of the molecule is CC(C)(C)CCC(=O)N1CCN(Sc2ccccc2[N+](=O)[O-])CC1. The molecule has 7 heteroatoms. The first-order chi connectivity index (χ1) is 11.3. The van der Waals surface area contributed by atoms with Gasteiger partial charge in [0.15, 0.2) is 0 Å². The number of rotatable bonds is 5. The molecule has 0 bridgehead atoms. The number of para-hydroxylation sites is 1. The molecule has 0 radical (unpaired) electrons. The molecule has 1 fully saturated rings. The Morgan fingerprint density at radius 3 is 2.42 bits per heavy atom. The molecule has 1 aromatic carbocycles. The molecule has 0 spiro atoms. The van der Waals surface area contributed by atoms with Crippen LogP contribution in [0.2, 0.25) is 0 Å². The number of piperazine rings is 1. The number of carbonyl (C=O) groups excluding carboxylic acids is 1. The van der Waals surface area contributed by atoms with Crippen LogP contribution >= 0.6 is 11.9 Å². The molecule has 1 aliphatic rings. The summed E-state index contributed by atoms with van der Waals surface area (Å²) < 4.78 is 2.09. The number of amides is 1. The maximum absolute atomic E-state index is 12.3. The average molecular weight is 351 g/mol. The topological polar surface area (TPSA) is 66.7 Å². The van der Waals surface area contributed by atoms with Gasteiger partial charge in [0.25, 0.3) is 5.69 Å². The summed E-state index contributed by atoms with van der Waals surface area (Å²) in [6, 6.07) is 6.77. The van der Waals surface area contributed by atoms with Gasteiger partial charge in [0.05, 0.1) is 4.92 Å². The fourth-order valence-electron chi connectivity index (χ4n) is 2.49. The summed E-state index contributed by atoms with van der Waals surface area (Å²) in [7, 11) is 0. The van der Waals surface area contributed by atoms with Crippen molar-refractivity contribution in [1.29, 1.82) is 0 Å². The minimum atomic E-state index is -0.353. The summed E-state index contributed by atoms with van der Waals surface area (Å²) in [5, 5.41) is 11.1. The summed E-state index contributed by atoms with van der Waals surface area (Å²) in [4.78, 5) is 25.5. The fraction of sp³-hybridized carbons (Fsp3) is 0.588. The van der Waals surface area contributed by atoms with Gasteiger partial charge in [-0.3, -0.25) is 14.9 Å². The van der Waals surface area contributed by atoms with Crippen molar-refractivity contribution in [2.75, 3.05) is 26.2 Å². The molecule has 0 atom stereocenters. The van der Waals surface area contributed by atoms with Crippen molar-refractivity contribution in [3.8, 4) is 0 Å². The minimum absolute atomic E-state index is 0.131. The second kappa shape index (κ2) is 7.98. The van der Waals surface area contributed by atoms with Crippen molar-refractivity contribution < 1.29 is 9.72 Å². The van der Waals surface area contributed by atoms with Gasteiger partial charge in [0.1, 0.15) is 4.90 Å². The maximum Gasteiger partial charge on any atom is 0.284 e. The fourth-order valence-corrected chi connectivity index (χ4v) is 3.49. The van der Waals surface area contributed by atoms with Gasteiger partial charge in [-0.2, -0.15) is 0 Å². The molecule has 2 rings (SSSR count). The van der Waals surface area contributed by atoms with Gasteiger partial charge in [0, 0.05) is 38.7 Å². The lowest BCUT2D eigenvalue weighted by molar-refractivity contribution is -0.387. The number of carbonyl (C=O) groups is 1. The Morgan fingerprint density at radius 2 is 1.83 bits per heavy atom. The number of nitrogens with zero attached hydrogens (tertiary/aromatic N) is 3. The van der Waals surface area contributed by atoms with E-state index in [2.05, 4.69) is 25.1 Å². The Kier molecular flexibility index (Phi) is 6.23. The molecule has 0 aromatic heterocycles. The van der Waals surface area contributed by atoms with E-state index in [1.54, 1.807) is 12.1 Å². The van der Waals surface area contributed by atoms with Crippen LogP contribution in [0.25, 0.3) is 0 Å². The number of nitro groups is 1. The van der Waals surface area contributed by atoms with E-state index in [1.807, 2.05) is 11.0 Å². The minimum Gasteiger partial charge on any atom is -0.340 e. The molecule has 0 unspecified atom stereocenters.